The molecule has 0 spiro atoms. The van der Waals surface area contributed by atoms with E-state index < -0.39 is 5.97 Å². The quantitative estimate of drug-likeness (QED) is 0.872. The minimum atomic E-state index is -0.767. The van der Waals surface area contributed by atoms with Gasteiger partial charge in [0.05, 0.1) is 6.42 Å². The van der Waals surface area contributed by atoms with Crippen molar-refractivity contribution in [2.75, 3.05) is 11.4 Å². The Bertz CT molecular complexity index is 566. The fourth-order valence-electron chi connectivity index (χ4n) is 2.24. The number of rotatable bonds is 6. The summed E-state index contributed by atoms with van der Waals surface area (Å²) in [5, 5.41) is 8.92. The standard InChI is InChI=1S/C17H19NO2/c1-14-7-5-6-10-16(14)18(12-11-17(19)20)13-15-8-3-2-4-9-15/h2-10H,11-13H2,1H3,(H,19,20). The molecular weight excluding hydrogens is 250 g/mol. The topological polar surface area (TPSA) is 40.5 Å². The van der Waals surface area contributed by atoms with Gasteiger partial charge in [-0.2, -0.15) is 0 Å². The Morgan fingerprint density at radius 1 is 1.05 bits per heavy atom. The zero-order valence-corrected chi connectivity index (χ0v) is 11.6. The Balaban J connectivity index is 2.20. The van der Waals surface area contributed by atoms with E-state index >= 15 is 0 Å². The largest absolute Gasteiger partial charge is 0.481 e. The molecule has 2 aromatic carbocycles. The van der Waals surface area contributed by atoms with E-state index in [2.05, 4.69) is 17.0 Å². The molecule has 0 aromatic heterocycles. The number of anilines is 1. The van der Waals surface area contributed by atoms with Crippen molar-refractivity contribution in [3.05, 3.63) is 65.7 Å². The van der Waals surface area contributed by atoms with Crippen molar-refractivity contribution in [1.82, 2.24) is 0 Å². The van der Waals surface area contributed by atoms with Gasteiger partial charge in [-0.05, 0) is 24.1 Å². The summed E-state index contributed by atoms with van der Waals surface area (Å²) >= 11 is 0. The summed E-state index contributed by atoms with van der Waals surface area (Å²) in [5.74, 6) is -0.767. The van der Waals surface area contributed by atoms with E-state index in [0.717, 1.165) is 17.8 Å². The lowest BCUT2D eigenvalue weighted by Crippen LogP contribution is -2.26. The Kier molecular flexibility index (Phi) is 4.77. The van der Waals surface area contributed by atoms with Crippen LogP contribution in [0.5, 0.6) is 0 Å². The lowest BCUT2D eigenvalue weighted by Gasteiger charge is -2.26. The van der Waals surface area contributed by atoms with Crippen LogP contribution in [0.2, 0.25) is 0 Å². The third kappa shape index (κ3) is 3.85. The van der Waals surface area contributed by atoms with E-state index in [1.807, 2.05) is 49.4 Å². The van der Waals surface area contributed by atoms with E-state index in [-0.39, 0.29) is 6.42 Å². The first kappa shape index (κ1) is 14.1. The van der Waals surface area contributed by atoms with Crippen molar-refractivity contribution in [3.63, 3.8) is 0 Å². The highest BCUT2D eigenvalue weighted by atomic mass is 16.4. The number of benzene rings is 2. The first-order chi connectivity index (χ1) is 9.66. The van der Waals surface area contributed by atoms with Gasteiger partial charge in [-0.1, -0.05) is 48.5 Å². The molecule has 20 heavy (non-hydrogen) atoms. The smallest absolute Gasteiger partial charge is 0.305 e. The summed E-state index contributed by atoms with van der Waals surface area (Å²) < 4.78 is 0. The molecule has 0 unspecified atom stereocenters. The van der Waals surface area contributed by atoms with Crippen molar-refractivity contribution < 1.29 is 9.90 Å². The first-order valence-electron chi connectivity index (χ1n) is 6.73. The molecule has 1 N–H and O–H groups in total. The average molecular weight is 269 g/mol. The zero-order chi connectivity index (χ0) is 14.4. The second kappa shape index (κ2) is 6.75. The molecule has 3 heteroatoms. The molecule has 0 saturated carbocycles. The molecule has 3 nitrogen and oxygen atoms in total. The number of carboxylic acids is 1. The molecule has 0 fully saturated rings. The molecule has 0 amide bonds. The Morgan fingerprint density at radius 3 is 2.35 bits per heavy atom. The van der Waals surface area contributed by atoms with Crippen LogP contribution in [0, 0.1) is 6.92 Å². The van der Waals surface area contributed by atoms with Gasteiger partial charge in [-0.25, -0.2) is 0 Å². The van der Waals surface area contributed by atoms with Gasteiger partial charge in [0.15, 0.2) is 0 Å². The molecule has 104 valence electrons. The third-order valence-electron chi connectivity index (χ3n) is 3.27. The minimum absolute atomic E-state index is 0.140. The predicted molar refractivity (Wildman–Crippen MR) is 80.9 cm³/mol. The Hall–Kier alpha value is -2.29. The lowest BCUT2D eigenvalue weighted by molar-refractivity contribution is -0.136. The second-order valence-electron chi connectivity index (χ2n) is 4.84. The van der Waals surface area contributed by atoms with Gasteiger partial charge in [0.1, 0.15) is 0 Å². The molecule has 0 bridgehead atoms. The van der Waals surface area contributed by atoms with E-state index in [9.17, 15) is 4.79 Å². The van der Waals surface area contributed by atoms with E-state index in [1.54, 1.807) is 0 Å². The molecule has 0 saturated heterocycles. The van der Waals surface area contributed by atoms with Crippen molar-refractivity contribution in [2.24, 2.45) is 0 Å². The predicted octanol–water partition coefficient (Wildman–Crippen LogP) is 3.48. The lowest BCUT2D eigenvalue weighted by atomic mass is 10.1. The second-order valence-corrected chi connectivity index (χ2v) is 4.84. The maximum atomic E-state index is 10.8. The van der Waals surface area contributed by atoms with Crippen molar-refractivity contribution in [1.29, 1.82) is 0 Å². The average Bonchev–Trinajstić information content (AvgIpc) is 2.45. The number of carboxylic acid groups (broad SMARTS) is 1. The number of aliphatic carboxylic acids is 1. The van der Waals surface area contributed by atoms with Gasteiger partial charge in [0.25, 0.3) is 0 Å². The maximum Gasteiger partial charge on any atom is 0.305 e. The van der Waals surface area contributed by atoms with Crippen LogP contribution in [-0.2, 0) is 11.3 Å². The van der Waals surface area contributed by atoms with E-state index in [4.69, 9.17) is 5.11 Å². The van der Waals surface area contributed by atoms with Crippen LogP contribution in [-0.4, -0.2) is 17.6 Å². The minimum Gasteiger partial charge on any atom is -0.481 e. The highest BCUT2D eigenvalue weighted by Crippen LogP contribution is 2.21. The molecular formula is C17H19NO2. The molecule has 0 atom stereocenters. The van der Waals surface area contributed by atoms with Crippen LogP contribution >= 0.6 is 0 Å². The van der Waals surface area contributed by atoms with E-state index in [0.29, 0.717) is 6.54 Å². The summed E-state index contributed by atoms with van der Waals surface area (Å²) in [6, 6.07) is 18.2. The van der Waals surface area contributed by atoms with Crippen LogP contribution in [0.3, 0.4) is 0 Å². The fraction of sp³-hybridized carbons (Fsp3) is 0.235. The molecule has 0 aliphatic heterocycles. The maximum absolute atomic E-state index is 10.8. The van der Waals surface area contributed by atoms with Crippen LogP contribution < -0.4 is 4.90 Å². The summed E-state index contributed by atoms with van der Waals surface area (Å²) in [4.78, 5) is 13.0. The van der Waals surface area contributed by atoms with Gasteiger partial charge in [-0.3, -0.25) is 4.79 Å². The van der Waals surface area contributed by atoms with Crippen molar-refractivity contribution in [2.45, 2.75) is 19.9 Å². The Labute approximate surface area is 119 Å². The Morgan fingerprint density at radius 2 is 1.70 bits per heavy atom. The summed E-state index contributed by atoms with van der Waals surface area (Å²) in [6.45, 7) is 3.28. The summed E-state index contributed by atoms with van der Waals surface area (Å²) in [6.07, 6.45) is 0.140. The molecule has 2 rings (SSSR count). The van der Waals surface area contributed by atoms with E-state index in [1.165, 1.54) is 5.56 Å². The zero-order valence-electron chi connectivity index (χ0n) is 11.6. The number of aryl methyl sites for hydroxylation is 1. The summed E-state index contributed by atoms with van der Waals surface area (Å²) in [5.41, 5.74) is 3.44. The number of nitrogens with zero attached hydrogens (tertiary/aromatic N) is 1. The van der Waals surface area contributed by atoms with Gasteiger partial charge >= 0.3 is 5.97 Å². The number of hydrogen-bond acceptors (Lipinski definition) is 2. The summed E-state index contributed by atoms with van der Waals surface area (Å²) in [7, 11) is 0. The molecule has 0 aliphatic carbocycles. The van der Waals surface area contributed by atoms with Gasteiger partial charge < -0.3 is 10.0 Å². The van der Waals surface area contributed by atoms with Gasteiger partial charge in [0.2, 0.25) is 0 Å². The normalized spacial score (nSPS) is 10.2. The highest BCUT2D eigenvalue weighted by molar-refractivity contribution is 5.68. The third-order valence-corrected chi connectivity index (χ3v) is 3.27. The molecule has 0 aliphatic rings. The van der Waals surface area contributed by atoms with Crippen molar-refractivity contribution >= 4 is 11.7 Å². The molecule has 0 radical (unpaired) electrons. The molecule has 0 heterocycles. The van der Waals surface area contributed by atoms with Gasteiger partial charge in [0, 0.05) is 18.8 Å². The van der Waals surface area contributed by atoms with Crippen LogP contribution in [0.4, 0.5) is 5.69 Å². The SMILES string of the molecule is Cc1ccccc1N(CCC(=O)O)Cc1ccccc1. The number of para-hydroxylation sites is 1. The van der Waals surface area contributed by atoms with Gasteiger partial charge in [-0.15, -0.1) is 0 Å². The first-order valence-corrected chi connectivity index (χ1v) is 6.73. The van der Waals surface area contributed by atoms with Crippen LogP contribution in [0.25, 0.3) is 0 Å². The van der Waals surface area contributed by atoms with Crippen LogP contribution in [0.15, 0.2) is 54.6 Å². The fourth-order valence-corrected chi connectivity index (χ4v) is 2.24. The van der Waals surface area contributed by atoms with Crippen molar-refractivity contribution in [3.8, 4) is 0 Å². The highest BCUT2D eigenvalue weighted by Gasteiger charge is 2.11. The molecule has 2 aromatic rings. The van der Waals surface area contributed by atoms with Crippen LogP contribution in [0.1, 0.15) is 17.5 Å². The number of hydrogen-bond donors (Lipinski definition) is 1. The monoisotopic (exact) mass is 269 g/mol. The number of carbonyl (C=O) groups is 1.